The van der Waals surface area contributed by atoms with Crippen LogP contribution in [0.1, 0.15) is 11.1 Å². The minimum Gasteiger partial charge on any atom is -0.398 e. The number of hydrogen-bond acceptors (Lipinski definition) is 1. The second kappa shape index (κ2) is 3.18. The van der Waals surface area contributed by atoms with E-state index in [-0.39, 0.29) is 12.4 Å². The van der Waals surface area contributed by atoms with Gasteiger partial charge in [-0.2, -0.15) is 0 Å². The fourth-order valence-corrected chi connectivity index (χ4v) is 2.27. The van der Waals surface area contributed by atoms with Gasteiger partial charge in [0.1, 0.15) is 0 Å². The Morgan fingerprint density at radius 3 is 2.43 bits per heavy atom. The van der Waals surface area contributed by atoms with Gasteiger partial charge in [-0.3, -0.25) is 0 Å². The molecule has 2 aromatic carbocycles. The van der Waals surface area contributed by atoms with E-state index in [0.29, 0.717) is 0 Å². The lowest BCUT2D eigenvalue weighted by atomic mass is 10.0. The smallest absolute Gasteiger partial charge is 0.0394 e. The highest BCUT2D eigenvalue weighted by molar-refractivity contribution is 5.98. The van der Waals surface area contributed by atoms with E-state index in [1.165, 1.54) is 34.7 Å². The molecular formula is C12H12ClN. The second-order valence-electron chi connectivity index (χ2n) is 3.65. The van der Waals surface area contributed by atoms with Crippen LogP contribution in [0.15, 0.2) is 30.3 Å². The molecule has 1 aliphatic carbocycles. The largest absolute Gasteiger partial charge is 0.398 e. The van der Waals surface area contributed by atoms with Crippen LogP contribution in [0.2, 0.25) is 0 Å². The maximum absolute atomic E-state index is 5.92. The van der Waals surface area contributed by atoms with Crippen molar-refractivity contribution in [3.63, 3.8) is 0 Å². The maximum Gasteiger partial charge on any atom is 0.0394 e. The molecule has 0 unspecified atom stereocenters. The molecule has 0 aliphatic heterocycles. The fourth-order valence-electron chi connectivity index (χ4n) is 2.27. The molecule has 2 heteroatoms. The molecule has 0 amide bonds. The van der Waals surface area contributed by atoms with E-state index >= 15 is 0 Å². The van der Waals surface area contributed by atoms with Crippen molar-refractivity contribution < 1.29 is 0 Å². The summed E-state index contributed by atoms with van der Waals surface area (Å²) in [7, 11) is 0. The van der Waals surface area contributed by atoms with Crippen molar-refractivity contribution in [3.8, 4) is 0 Å². The van der Waals surface area contributed by atoms with Crippen LogP contribution in [-0.2, 0) is 12.8 Å². The van der Waals surface area contributed by atoms with Gasteiger partial charge < -0.3 is 5.73 Å². The minimum atomic E-state index is 0. The standard InChI is InChI=1S/C12H11N.ClH/c13-11-7-6-9-5-4-8-2-1-3-10(11)12(8)9;/h1-3,6-7H,4-5,13H2;1H. The van der Waals surface area contributed by atoms with E-state index in [1.807, 2.05) is 6.07 Å². The van der Waals surface area contributed by atoms with E-state index in [2.05, 4.69) is 24.3 Å². The zero-order chi connectivity index (χ0) is 8.84. The fraction of sp³-hybridized carbons (Fsp3) is 0.167. The van der Waals surface area contributed by atoms with Crippen molar-refractivity contribution in [1.82, 2.24) is 0 Å². The molecule has 0 radical (unpaired) electrons. The summed E-state index contributed by atoms with van der Waals surface area (Å²) < 4.78 is 0. The molecular weight excluding hydrogens is 194 g/mol. The van der Waals surface area contributed by atoms with Crippen molar-refractivity contribution in [1.29, 1.82) is 0 Å². The monoisotopic (exact) mass is 205 g/mol. The summed E-state index contributed by atoms with van der Waals surface area (Å²) in [5.74, 6) is 0. The summed E-state index contributed by atoms with van der Waals surface area (Å²) in [6, 6.07) is 10.6. The molecule has 1 nitrogen and oxygen atoms in total. The molecule has 0 fully saturated rings. The lowest BCUT2D eigenvalue weighted by Crippen LogP contribution is -1.88. The molecule has 0 saturated heterocycles. The molecule has 0 atom stereocenters. The molecule has 2 aromatic rings. The van der Waals surface area contributed by atoms with Crippen LogP contribution < -0.4 is 5.73 Å². The zero-order valence-electron chi connectivity index (χ0n) is 7.79. The number of halogens is 1. The van der Waals surface area contributed by atoms with Gasteiger partial charge in [0.2, 0.25) is 0 Å². The Morgan fingerprint density at radius 2 is 1.64 bits per heavy atom. The molecule has 3 rings (SSSR count). The van der Waals surface area contributed by atoms with Crippen LogP contribution in [0.3, 0.4) is 0 Å². The molecule has 1 aliphatic rings. The number of hydrogen-bond donors (Lipinski definition) is 1. The van der Waals surface area contributed by atoms with Crippen LogP contribution in [0, 0.1) is 0 Å². The lowest BCUT2D eigenvalue weighted by Gasteiger charge is -2.03. The first-order chi connectivity index (χ1) is 6.36. The molecule has 0 aromatic heterocycles. The van der Waals surface area contributed by atoms with E-state index in [0.717, 1.165) is 5.69 Å². The van der Waals surface area contributed by atoms with Crippen LogP contribution in [0.4, 0.5) is 5.69 Å². The van der Waals surface area contributed by atoms with E-state index in [1.54, 1.807) is 0 Å². The van der Waals surface area contributed by atoms with Gasteiger partial charge in [-0.1, -0.05) is 24.3 Å². The van der Waals surface area contributed by atoms with Crippen molar-refractivity contribution in [2.75, 3.05) is 5.73 Å². The van der Waals surface area contributed by atoms with Gasteiger partial charge in [-0.25, -0.2) is 0 Å². The summed E-state index contributed by atoms with van der Waals surface area (Å²) in [5.41, 5.74) is 9.74. The highest BCUT2D eigenvalue weighted by atomic mass is 35.5. The predicted octanol–water partition coefficient (Wildman–Crippen LogP) is 2.94. The quantitative estimate of drug-likeness (QED) is 0.658. The molecule has 0 saturated carbocycles. The van der Waals surface area contributed by atoms with E-state index in [9.17, 15) is 0 Å². The molecule has 0 bridgehead atoms. The van der Waals surface area contributed by atoms with Gasteiger partial charge in [0.15, 0.2) is 0 Å². The first-order valence-electron chi connectivity index (χ1n) is 4.65. The predicted molar refractivity (Wildman–Crippen MR) is 63.0 cm³/mol. The Kier molecular flexibility index (Phi) is 2.12. The van der Waals surface area contributed by atoms with Gasteiger partial charge in [0.25, 0.3) is 0 Å². The maximum atomic E-state index is 5.92. The van der Waals surface area contributed by atoms with Crippen LogP contribution in [0.25, 0.3) is 10.8 Å². The molecule has 0 spiro atoms. The third-order valence-electron chi connectivity index (χ3n) is 2.91. The Morgan fingerprint density at radius 1 is 0.929 bits per heavy atom. The van der Waals surface area contributed by atoms with E-state index < -0.39 is 0 Å². The third kappa shape index (κ3) is 1.09. The third-order valence-corrected chi connectivity index (χ3v) is 2.91. The number of benzene rings is 2. The van der Waals surface area contributed by atoms with E-state index in [4.69, 9.17) is 5.73 Å². The van der Waals surface area contributed by atoms with Crippen LogP contribution in [0.5, 0.6) is 0 Å². The molecule has 72 valence electrons. The Bertz CT molecular complexity index is 481. The van der Waals surface area contributed by atoms with Crippen LogP contribution >= 0.6 is 12.4 Å². The summed E-state index contributed by atoms with van der Waals surface area (Å²) in [6.07, 6.45) is 2.35. The van der Waals surface area contributed by atoms with Crippen molar-refractivity contribution in [2.24, 2.45) is 0 Å². The zero-order valence-corrected chi connectivity index (χ0v) is 8.60. The van der Waals surface area contributed by atoms with Crippen LogP contribution in [-0.4, -0.2) is 0 Å². The number of aryl methyl sites for hydroxylation is 2. The molecule has 2 N–H and O–H groups in total. The highest BCUT2D eigenvalue weighted by Gasteiger charge is 2.14. The SMILES string of the molecule is Cl.Nc1ccc2c3c(cccc13)CC2. The first kappa shape index (κ1) is 9.35. The number of nitrogen functional groups attached to an aromatic ring is 1. The van der Waals surface area contributed by atoms with Gasteiger partial charge in [-0.05, 0) is 35.4 Å². The Balaban J connectivity index is 0.000000750. The summed E-state index contributed by atoms with van der Waals surface area (Å²) in [4.78, 5) is 0. The second-order valence-corrected chi connectivity index (χ2v) is 3.65. The van der Waals surface area contributed by atoms with Gasteiger partial charge in [0, 0.05) is 11.1 Å². The van der Waals surface area contributed by atoms with Crippen molar-refractivity contribution in [2.45, 2.75) is 12.8 Å². The minimum absolute atomic E-state index is 0. The molecule has 0 heterocycles. The van der Waals surface area contributed by atoms with Crippen molar-refractivity contribution in [3.05, 3.63) is 41.5 Å². The number of nitrogens with two attached hydrogens (primary N) is 1. The lowest BCUT2D eigenvalue weighted by molar-refractivity contribution is 1.02. The van der Waals surface area contributed by atoms with Crippen molar-refractivity contribution >= 4 is 28.9 Å². The Labute approximate surface area is 89.3 Å². The summed E-state index contributed by atoms with van der Waals surface area (Å²) >= 11 is 0. The average Bonchev–Trinajstić information content (AvgIpc) is 2.57. The summed E-state index contributed by atoms with van der Waals surface area (Å²) in [5, 5.41) is 2.63. The topological polar surface area (TPSA) is 26.0 Å². The number of anilines is 1. The first-order valence-corrected chi connectivity index (χ1v) is 4.65. The average molecular weight is 206 g/mol. The highest BCUT2D eigenvalue weighted by Crippen LogP contribution is 2.33. The van der Waals surface area contributed by atoms with Gasteiger partial charge >= 0.3 is 0 Å². The molecule has 14 heavy (non-hydrogen) atoms. The van der Waals surface area contributed by atoms with Gasteiger partial charge in [-0.15, -0.1) is 12.4 Å². The Hall–Kier alpha value is -1.21. The number of rotatable bonds is 0. The normalized spacial score (nSPS) is 12.9. The summed E-state index contributed by atoms with van der Waals surface area (Å²) in [6.45, 7) is 0. The van der Waals surface area contributed by atoms with Gasteiger partial charge in [0.05, 0.1) is 0 Å².